The van der Waals surface area contributed by atoms with Gasteiger partial charge in [-0.05, 0) is 32.1 Å². The van der Waals surface area contributed by atoms with Gasteiger partial charge in [0.05, 0.1) is 13.2 Å². The summed E-state index contributed by atoms with van der Waals surface area (Å²) >= 11 is 0. The predicted octanol–water partition coefficient (Wildman–Crippen LogP) is 5.02. The summed E-state index contributed by atoms with van der Waals surface area (Å²) < 4.78 is 25.5. The van der Waals surface area contributed by atoms with E-state index >= 15 is 0 Å². The molecule has 0 aromatic rings. The lowest BCUT2D eigenvalue weighted by Gasteiger charge is -2.15. The van der Waals surface area contributed by atoms with Crippen LogP contribution in [0.25, 0.3) is 0 Å². The molecule has 2 atom stereocenters. The Hall–Kier alpha value is -0.760. The molecule has 9 heteroatoms. The van der Waals surface area contributed by atoms with E-state index in [2.05, 4.69) is 28.1 Å². The minimum absolute atomic E-state index is 0.0738. The molecule has 0 aliphatic rings. The van der Waals surface area contributed by atoms with Crippen LogP contribution >= 0.6 is 7.82 Å². The molecule has 4 N–H and O–H groups in total. The highest BCUT2D eigenvalue weighted by molar-refractivity contribution is 7.47. The van der Waals surface area contributed by atoms with Crippen LogP contribution in [0.3, 0.4) is 0 Å². The Bertz CT molecular complexity index is 517. The molecule has 0 spiro atoms. The molecule has 0 saturated carbocycles. The quantitative estimate of drug-likeness (QED) is 0.0806. The number of hydrogen-bond acceptors (Lipinski definition) is 7. The number of allylic oxidation sites excluding steroid dienone is 2. The topological polar surface area (TPSA) is 128 Å². The number of aliphatic hydroxyl groups is 1. The van der Waals surface area contributed by atoms with Gasteiger partial charge < -0.3 is 20.5 Å². The van der Waals surface area contributed by atoms with Crippen LogP contribution in [-0.4, -0.2) is 48.4 Å². The first-order valence-electron chi connectivity index (χ1n) is 12.2. The van der Waals surface area contributed by atoms with Gasteiger partial charge in [0, 0.05) is 13.0 Å². The molecule has 0 bridgehead atoms. The molecule has 32 heavy (non-hydrogen) atoms. The van der Waals surface area contributed by atoms with Crippen molar-refractivity contribution in [2.75, 3.05) is 26.4 Å². The SMILES string of the molecule is CCCCCCCC/C=C/CCCCCCCC(=O)OC[C@@H](O)COP(=O)(O)OCCN. The molecular formula is C23H46NO7P. The number of carbonyl (C=O) groups is 1. The van der Waals surface area contributed by atoms with E-state index in [1.165, 1.54) is 51.4 Å². The molecule has 1 unspecified atom stereocenters. The van der Waals surface area contributed by atoms with E-state index in [1.807, 2.05) is 0 Å². The van der Waals surface area contributed by atoms with Gasteiger partial charge in [-0.1, -0.05) is 70.4 Å². The lowest BCUT2D eigenvalue weighted by Crippen LogP contribution is -2.23. The van der Waals surface area contributed by atoms with Crippen molar-refractivity contribution >= 4 is 13.8 Å². The van der Waals surface area contributed by atoms with E-state index in [4.69, 9.17) is 10.5 Å². The Labute approximate surface area is 194 Å². The number of carbonyl (C=O) groups excluding carboxylic acids is 1. The molecule has 0 aliphatic heterocycles. The zero-order valence-corrected chi connectivity index (χ0v) is 20.8. The van der Waals surface area contributed by atoms with Gasteiger partial charge in [-0.3, -0.25) is 13.8 Å². The zero-order valence-electron chi connectivity index (χ0n) is 19.9. The molecule has 0 heterocycles. The van der Waals surface area contributed by atoms with Crippen molar-refractivity contribution in [3.05, 3.63) is 12.2 Å². The van der Waals surface area contributed by atoms with Crippen molar-refractivity contribution in [3.8, 4) is 0 Å². The maximum atomic E-state index is 11.7. The first-order valence-corrected chi connectivity index (χ1v) is 13.7. The van der Waals surface area contributed by atoms with E-state index in [-0.39, 0.29) is 19.8 Å². The Morgan fingerprint density at radius 3 is 2.06 bits per heavy atom. The maximum Gasteiger partial charge on any atom is 0.472 e. The summed E-state index contributed by atoms with van der Waals surface area (Å²) in [5, 5.41) is 9.67. The van der Waals surface area contributed by atoms with Crippen molar-refractivity contribution in [1.82, 2.24) is 0 Å². The summed E-state index contributed by atoms with van der Waals surface area (Å²) in [5.41, 5.74) is 5.17. The molecule has 0 radical (unpaired) electrons. The fraction of sp³-hybridized carbons (Fsp3) is 0.870. The number of ether oxygens (including phenoxy) is 1. The molecule has 0 saturated heterocycles. The third-order valence-electron chi connectivity index (χ3n) is 4.88. The lowest BCUT2D eigenvalue weighted by atomic mass is 10.1. The van der Waals surface area contributed by atoms with Crippen LogP contribution in [0.2, 0.25) is 0 Å². The van der Waals surface area contributed by atoms with Gasteiger partial charge in [0.15, 0.2) is 0 Å². The van der Waals surface area contributed by atoms with Gasteiger partial charge in [0.2, 0.25) is 0 Å². The van der Waals surface area contributed by atoms with Gasteiger partial charge in [-0.25, -0.2) is 4.57 Å². The zero-order chi connectivity index (χ0) is 23.9. The van der Waals surface area contributed by atoms with Crippen LogP contribution in [0.5, 0.6) is 0 Å². The predicted molar refractivity (Wildman–Crippen MR) is 127 cm³/mol. The fourth-order valence-corrected chi connectivity index (χ4v) is 3.81. The van der Waals surface area contributed by atoms with E-state index in [0.717, 1.165) is 32.1 Å². The van der Waals surface area contributed by atoms with Crippen molar-refractivity contribution in [3.63, 3.8) is 0 Å². The Kier molecular flexibility index (Phi) is 21.5. The number of rotatable bonds is 23. The number of phosphoric ester groups is 1. The third-order valence-corrected chi connectivity index (χ3v) is 5.87. The number of aliphatic hydroxyl groups excluding tert-OH is 1. The van der Waals surface area contributed by atoms with Crippen molar-refractivity contribution in [2.45, 2.75) is 103 Å². The molecule has 0 aromatic heterocycles. The highest BCUT2D eigenvalue weighted by atomic mass is 31.2. The standard InChI is InChI=1S/C23H46NO7P/c1-2-3-4-5-6-7-8-9-10-11-12-13-14-15-16-17-23(26)29-20-22(25)21-31-32(27,28)30-19-18-24/h9-10,22,25H,2-8,11-21,24H2,1H3,(H,27,28)/b10-9+/t22-/m1/s1. The van der Waals surface area contributed by atoms with E-state index in [1.54, 1.807) is 0 Å². The molecule has 0 aromatic carbocycles. The minimum Gasteiger partial charge on any atom is -0.463 e. The molecule has 0 aliphatic carbocycles. The van der Waals surface area contributed by atoms with Crippen LogP contribution in [0.4, 0.5) is 0 Å². The van der Waals surface area contributed by atoms with E-state index in [9.17, 15) is 19.4 Å². The highest BCUT2D eigenvalue weighted by Crippen LogP contribution is 2.42. The van der Waals surface area contributed by atoms with E-state index in [0.29, 0.717) is 6.42 Å². The average Bonchev–Trinajstić information content (AvgIpc) is 2.77. The van der Waals surface area contributed by atoms with Crippen molar-refractivity contribution in [2.24, 2.45) is 5.73 Å². The second kappa shape index (κ2) is 22.1. The first kappa shape index (κ1) is 31.2. The lowest BCUT2D eigenvalue weighted by molar-refractivity contribution is -0.147. The maximum absolute atomic E-state index is 11.7. The molecular weight excluding hydrogens is 433 g/mol. The van der Waals surface area contributed by atoms with E-state index < -0.39 is 26.5 Å². The average molecular weight is 480 g/mol. The minimum atomic E-state index is -4.24. The Morgan fingerprint density at radius 2 is 1.47 bits per heavy atom. The number of esters is 1. The van der Waals surface area contributed by atoms with Crippen molar-refractivity contribution < 1.29 is 33.1 Å². The molecule has 0 fully saturated rings. The van der Waals surface area contributed by atoms with Gasteiger partial charge in [0.25, 0.3) is 0 Å². The number of unbranched alkanes of at least 4 members (excludes halogenated alkanes) is 11. The number of nitrogens with two attached hydrogens (primary N) is 1. The second-order valence-electron chi connectivity index (χ2n) is 8.06. The highest BCUT2D eigenvalue weighted by Gasteiger charge is 2.22. The normalized spacial score (nSPS) is 14.5. The summed E-state index contributed by atoms with van der Waals surface area (Å²) in [7, 11) is -4.24. The molecule has 190 valence electrons. The summed E-state index contributed by atoms with van der Waals surface area (Å²) in [6.07, 6.45) is 19.2. The van der Waals surface area contributed by atoms with Crippen LogP contribution in [0, 0.1) is 0 Å². The summed E-state index contributed by atoms with van der Waals surface area (Å²) in [5.74, 6) is -0.395. The number of hydrogen-bond donors (Lipinski definition) is 3. The molecule has 0 amide bonds. The Morgan fingerprint density at radius 1 is 0.906 bits per heavy atom. The van der Waals surface area contributed by atoms with Gasteiger partial charge >= 0.3 is 13.8 Å². The summed E-state index contributed by atoms with van der Waals surface area (Å²) in [4.78, 5) is 21.0. The summed E-state index contributed by atoms with van der Waals surface area (Å²) in [6.45, 7) is 1.42. The molecule has 0 rings (SSSR count). The first-order chi connectivity index (χ1) is 15.4. The monoisotopic (exact) mass is 479 g/mol. The summed E-state index contributed by atoms with van der Waals surface area (Å²) in [6, 6.07) is 0. The van der Waals surface area contributed by atoms with Crippen LogP contribution in [0.15, 0.2) is 12.2 Å². The van der Waals surface area contributed by atoms with Crippen molar-refractivity contribution in [1.29, 1.82) is 0 Å². The molecule has 8 nitrogen and oxygen atoms in total. The Balaban J connectivity index is 3.49. The second-order valence-corrected chi connectivity index (χ2v) is 9.51. The largest absolute Gasteiger partial charge is 0.472 e. The fourth-order valence-electron chi connectivity index (χ4n) is 3.04. The van der Waals surface area contributed by atoms with Crippen LogP contribution < -0.4 is 5.73 Å². The van der Waals surface area contributed by atoms with Crippen LogP contribution in [-0.2, 0) is 23.1 Å². The third kappa shape index (κ3) is 22.4. The number of phosphoric acid groups is 1. The van der Waals surface area contributed by atoms with Gasteiger partial charge in [-0.15, -0.1) is 0 Å². The van der Waals surface area contributed by atoms with Crippen LogP contribution in [0.1, 0.15) is 96.8 Å². The smallest absolute Gasteiger partial charge is 0.463 e. The van der Waals surface area contributed by atoms with Gasteiger partial charge in [-0.2, -0.15) is 0 Å². The van der Waals surface area contributed by atoms with Gasteiger partial charge in [0.1, 0.15) is 12.7 Å².